The Balaban J connectivity index is 2.21. The maximum atomic E-state index is 11.0. The van der Waals surface area contributed by atoms with E-state index in [-0.39, 0.29) is 11.8 Å². The number of benzene rings is 2. The van der Waals surface area contributed by atoms with Gasteiger partial charge in [-0.05, 0) is 11.5 Å². The van der Waals surface area contributed by atoms with E-state index in [1.54, 1.807) is 0 Å². The molecule has 1 unspecified atom stereocenters. The SMILES string of the molecule is CC(CNc1cccc2ccccc12)C(N)=O. The first-order valence-electron chi connectivity index (χ1n) is 5.69. The van der Waals surface area contributed by atoms with Gasteiger partial charge in [-0.2, -0.15) is 0 Å². The molecule has 2 rings (SSSR count). The second-order valence-electron chi connectivity index (χ2n) is 4.21. The molecule has 2 aromatic rings. The summed E-state index contributed by atoms with van der Waals surface area (Å²) in [5.74, 6) is -0.452. The number of amides is 1. The van der Waals surface area contributed by atoms with Crippen LogP contribution in [0.1, 0.15) is 6.92 Å². The summed E-state index contributed by atoms with van der Waals surface area (Å²) in [6.45, 7) is 2.38. The monoisotopic (exact) mass is 228 g/mol. The summed E-state index contributed by atoms with van der Waals surface area (Å²) >= 11 is 0. The van der Waals surface area contributed by atoms with Crippen molar-refractivity contribution in [1.29, 1.82) is 0 Å². The minimum atomic E-state index is -0.280. The molecule has 0 bridgehead atoms. The molecule has 0 spiro atoms. The molecule has 3 nitrogen and oxygen atoms in total. The second-order valence-corrected chi connectivity index (χ2v) is 4.21. The van der Waals surface area contributed by atoms with Crippen LogP contribution >= 0.6 is 0 Å². The van der Waals surface area contributed by atoms with Gasteiger partial charge in [-0.25, -0.2) is 0 Å². The summed E-state index contributed by atoms with van der Waals surface area (Å²) in [7, 11) is 0. The highest BCUT2D eigenvalue weighted by Crippen LogP contribution is 2.22. The van der Waals surface area contributed by atoms with E-state index in [0.29, 0.717) is 6.54 Å². The Morgan fingerprint density at radius 2 is 1.94 bits per heavy atom. The Kier molecular flexibility index (Phi) is 3.28. The number of carbonyl (C=O) groups excluding carboxylic acids is 1. The largest absolute Gasteiger partial charge is 0.384 e. The lowest BCUT2D eigenvalue weighted by Gasteiger charge is -2.12. The van der Waals surface area contributed by atoms with Crippen molar-refractivity contribution in [2.24, 2.45) is 11.7 Å². The molecule has 3 N–H and O–H groups in total. The number of primary amides is 1. The van der Waals surface area contributed by atoms with E-state index < -0.39 is 0 Å². The fourth-order valence-electron chi connectivity index (χ4n) is 1.74. The van der Waals surface area contributed by atoms with Gasteiger partial charge in [0.25, 0.3) is 0 Å². The van der Waals surface area contributed by atoms with Crippen molar-refractivity contribution in [3.8, 4) is 0 Å². The zero-order valence-corrected chi connectivity index (χ0v) is 9.81. The molecule has 0 aliphatic heterocycles. The highest BCUT2D eigenvalue weighted by molar-refractivity contribution is 5.93. The summed E-state index contributed by atoms with van der Waals surface area (Å²) in [6, 6.07) is 14.2. The van der Waals surface area contributed by atoms with Crippen LogP contribution in [-0.2, 0) is 4.79 Å². The molecule has 17 heavy (non-hydrogen) atoms. The van der Waals surface area contributed by atoms with Gasteiger partial charge in [0.15, 0.2) is 0 Å². The van der Waals surface area contributed by atoms with E-state index in [0.717, 1.165) is 11.1 Å². The van der Waals surface area contributed by atoms with Crippen molar-refractivity contribution in [1.82, 2.24) is 0 Å². The maximum absolute atomic E-state index is 11.0. The third-order valence-electron chi connectivity index (χ3n) is 2.87. The molecule has 88 valence electrons. The topological polar surface area (TPSA) is 55.1 Å². The van der Waals surface area contributed by atoms with Crippen LogP contribution in [0, 0.1) is 5.92 Å². The Bertz CT molecular complexity index is 531. The molecular weight excluding hydrogens is 212 g/mol. The Labute approximate surface area is 101 Å². The van der Waals surface area contributed by atoms with Crippen LogP contribution in [0.5, 0.6) is 0 Å². The van der Waals surface area contributed by atoms with Crippen molar-refractivity contribution in [2.45, 2.75) is 6.92 Å². The lowest BCUT2D eigenvalue weighted by Crippen LogP contribution is -2.26. The molecular formula is C14H16N2O. The molecule has 2 aromatic carbocycles. The van der Waals surface area contributed by atoms with E-state index in [1.165, 1.54) is 5.39 Å². The van der Waals surface area contributed by atoms with Crippen molar-refractivity contribution in [3.05, 3.63) is 42.5 Å². The summed E-state index contributed by atoms with van der Waals surface area (Å²) in [4.78, 5) is 11.0. The Morgan fingerprint density at radius 3 is 2.71 bits per heavy atom. The average Bonchev–Trinajstić information content (AvgIpc) is 2.35. The van der Waals surface area contributed by atoms with Gasteiger partial charge in [0.1, 0.15) is 0 Å². The molecule has 0 saturated carbocycles. The minimum absolute atomic E-state index is 0.172. The lowest BCUT2D eigenvalue weighted by molar-refractivity contribution is -0.120. The highest BCUT2D eigenvalue weighted by atomic mass is 16.1. The standard InChI is InChI=1S/C14H16N2O/c1-10(14(15)17)9-16-13-8-4-6-11-5-2-3-7-12(11)13/h2-8,10,16H,9H2,1H3,(H2,15,17). The van der Waals surface area contributed by atoms with Gasteiger partial charge in [0.2, 0.25) is 5.91 Å². The number of nitrogens with two attached hydrogens (primary N) is 1. The number of hydrogen-bond donors (Lipinski definition) is 2. The van der Waals surface area contributed by atoms with Gasteiger partial charge in [0, 0.05) is 17.6 Å². The van der Waals surface area contributed by atoms with Crippen LogP contribution in [-0.4, -0.2) is 12.5 Å². The van der Waals surface area contributed by atoms with Gasteiger partial charge in [-0.1, -0.05) is 43.3 Å². The van der Waals surface area contributed by atoms with E-state index >= 15 is 0 Å². The first-order chi connectivity index (χ1) is 8.18. The highest BCUT2D eigenvalue weighted by Gasteiger charge is 2.08. The molecule has 0 saturated heterocycles. The number of rotatable bonds is 4. The predicted octanol–water partition coefficient (Wildman–Crippen LogP) is 2.37. The summed E-state index contributed by atoms with van der Waals surface area (Å²) in [5, 5.41) is 5.61. The predicted molar refractivity (Wildman–Crippen MR) is 70.8 cm³/mol. The van der Waals surface area contributed by atoms with E-state index in [2.05, 4.69) is 23.5 Å². The van der Waals surface area contributed by atoms with Gasteiger partial charge in [0.05, 0.1) is 5.92 Å². The lowest BCUT2D eigenvalue weighted by atomic mass is 10.1. The Hall–Kier alpha value is -2.03. The molecule has 3 heteroatoms. The molecule has 0 heterocycles. The van der Waals surface area contributed by atoms with Crippen LogP contribution in [0.3, 0.4) is 0 Å². The van der Waals surface area contributed by atoms with Crippen molar-refractivity contribution < 1.29 is 4.79 Å². The number of anilines is 1. The van der Waals surface area contributed by atoms with E-state index in [9.17, 15) is 4.79 Å². The molecule has 1 amide bonds. The third-order valence-corrected chi connectivity index (χ3v) is 2.87. The number of hydrogen-bond acceptors (Lipinski definition) is 2. The quantitative estimate of drug-likeness (QED) is 0.844. The first-order valence-corrected chi connectivity index (χ1v) is 5.69. The number of carbonyl (C=O) groups is 1. The fourth-order valence-corrected chi connectivity index (χ4v) is 1.74. The van der Waals surface area contributed by atoms with Gasteiger partial charge < -0.3 is 11.1 Å². The number of fused-ring (bicyclic) bond motifs is 1. The molecule has 0 fully saturated rings. The van der Waals surface area contributed by atoms with Crippen LogP contribution in [0.2, 0.25) is 0 Å². The van der Waals surface area contributed by atoms with Crippen LogP contribution < -0.4 is 11.1 Å². The summed E-state index contributed by atoms with van der Waals surface area (Å²) in [6.07, 6.45) is 0. The van der Waals surface area contributed by atoms with Gasteiger partial charge in [-0.15, -0.1) is 0 Å². The van der Waals surface area contributed by atoms with Crippen LogP contribution in [0.15, 0.2) is 42.5 Å². The zero-order chi connectivity index (χ0) is 12.3. The third kappa shape index (κ3) is 2.56. The first kappa shape index (κ1) is 11.5. The number of nitrogens with one attached hydrogen (secondary N) is 1. The zero-order valence-electron chi connectivity index (χ0n) is 9.81. The molecule has 0 radical (unpaired) electrons. The molecule has 0 aliphatic rings. The van der Waals surface area contributed by atoms with Crippen molar-refractivity contribution in [2.75, 3.05) is 11.9 Å². The smallest absolute Gasteiger partial charge is 0.222 e. The fraction of sp³-hybridized carbons (Fsp3) is 0.214. The maximum Gasteiger partial charge on any atom is 0.222 e. The Morgan fingerprint density at radius 1 is 1.24 bits per heavy atom. The molecule has 0 aliphatic carbocycles. The van der Waals surface area contributed by atoms with Crippen molar-refractivity contribution in [3.63, 3.8) is 0 Å². The minimum Gasteiger partial charge on any atom is -0.384 e. The average molecular weight is 228 g/mol. The summed E-state index contributed by atoms with van der Waals surface area (Å²) in [5.41, 5.74) is 6.27. The molecule has 1 atom stereocenters. The van der Waals surface area contributed by atoms with E-state index in [1.807, 2.05) is 31.2 Å². The van der Waals surface area contributed by atoms with Gasteiger partial charge in [-0.3, -0.25) is 4.79 Å². The molecule has 0 aromatic heterocycles. The van der Waals surface area contributed by atoms with Crippen LogP contribution in [0.4, 0.5) is 5.69 Å². The normalized spacial score (nSPS) is 12.3. The van der Waals surface area contributed by atoms with Crippen LogP contribution in [0.25, 0.3) is 10.8 Å². The van der Waals surface area contributed by atoms with Crippen molar-refractivity contribution >= 4 is 22.4 Å². The van der Waals surface area contributed by atoms with Gasteiger partial charge >= 0.3 is 0 Å². The summed E-state index contributed by atoms with van der Waals surface area (Å²) < 4.78 is 0. The van der Waals surface area contributed by atoms with E-state index in [4.69, 9.17) is 5.73 Å². The second kappa shape index (κ2) is 4.87.